The number of hydrogen-bond acceptors (Lipinski definition) is 4. The maximum atomic E-state index is 11.0. The van der Waals surface area contributed by atoms with E-state index < -0.39 is 5.97 Å². The molecule has 0 saturated carbocycles. The number of nitrogens with zero attached hydrogens (tertiary/aromatic N) is 2. The largest absolute Gasteiger partial charge is 0.478 e. The van der Waals surface area contributed by atoms with Crippen LogP contribution < -0.4 is 0 Å². The molecule has 0 aliphatic carbocycles. The molecule has 1 aromatic heterocycles. The van der Waals surface area contributed by atoms with Gasteiger partial charge in [0.15, 0.2) is 0 Å². The van der Waals surface area contributed by atoms with Crippen LogP contribution in [0.4, 0.5) is 0 Å². The lowest BCUT2D eigenvalue weighted by molar-refractivity contribution is 0.0690. The molecule has 1 heterocycles. The zero-order chi connectivity index (χ0) is 12.3. The number of carbonyl (C=O) groups is 1. The van der Waals surface area contributed by atoms with Gasteiger partial charge in [-0.25, -0.2) is 14.8 Å². The van der Waals surface area contributed by atoms with Crippen LogP contribution in [0.2, 0.25) is 0 Å². The van der Waals surface area contributed by atoms with Crippen molar-refractivity contribution in [3.63, 3.8) is 0 Å². The smallest absolute Gasteiger partial charge is 0.340 e. The van der Waals surface area contributed by atoms with Gasteiger partial charge < -0.3 is 5.11 Å². The fourth-order valence-corrected chi connectivity index (χ4v) is 2.21. The molecule has 0 aliphatic rings. The van der Waals surface area contributed by atoms with Crippen molar-refractivity contribution in [1.82, 2.24) is 9.97 Å². The van der Waals surface area contributed by atoms with Crippen molar-refractivity contribution in [3.8, 4) is 0 Å². The first-order valence-electron chi connectivity index (χ1n) is 4.46. The molecule has 0 aromatic carbocycles. The second-order valence-corrected chi connectivity index (χ2v) is 4.65. The Balaban J connectivity index is 3.13. The SMILES string of the molecule is C=C(Cl)CSc1nc(C)nc(C)c1C(=O)O. The highest BCUT2D eigenvalue weighted by atomic mass is 35.5. The zero-order valence-corrected chi connectivity index (χ0v) is 10.5. The lowest BCUT2D eigenvalue weighted by atomic mass is 10.2. The maximum absolute atomic E-state index is 11.0. The van der Waals surface area contributed by atoms with Gasteiger partial charge in [0.05, 0.1) is 5.69 Å². The predicted molar refractivity (Wildman–Crippen MR) is 64.2 cm³/mol. The molecule has 0 aliphatic heterocycles. The summed E-state index contributed by atoms with van der Waals surface area (Å²) in [7, 11) is 0. The fourth-order valence-electron chi connectivity index (χ4n) is 1.18. The van der Waals surface area contributed by atoms with E-state index in [1.807, 2.05) is 0 Å². The van der Waals surface area contributed by atoms with E-state index in [0.29, 0.717) is 27.3 Å². The van der Waals surface area contributed by atoms with E-state index in [4.69, 9.17) is 16.7 Å². The topological polar surface area (TPSA) is 63.1 Å². The Morgan fingerprint density at radius 1 is 1.50 bits per heavy atom. The van der Waals surface area contributed by atoms with Gasteiger partial charge in [-0.05, 0) is 13.8 Å². The number of aromatic carboxylic acids is 1. The summed E-state index contributed by atoms with van der Waals surface area (Å²) in [6, 6.07) is 0. The van der Waals surface area contributed by atoms with Gasteiger partial charge in [-0.2, -0.15) is 0 Å². The van der Waals surface area contributed by atoms with E-state index in [-0.39, 0.29) is 5.56 Å². The summed E-state index contributed by atoms with van der Waals surface area (Å²) < 4.78 is 0. The maximum Gasteiger partial charge on any atom is 0.340 e. The molecular formula is C10H11ClN2O2S. The molecule has 0 fully saturated rings. The molecule has 6 heteroatoms. The highest BCUT2D eigenvalue weighted by Crippen LogP contribution is 2.25. The number of aromatic nitrogens is 2. The number of hydrogen-bond donors (Lipinski definition) is 1. The van der Waals surface area contributed by atoms with Gasteiger partial charge in [0, 0.05) is 10.8 Å². The molecule has 0 atom stereocenters. The van der Waals surface area contributed by atoms with E-state index in [9.17, 15) is 4.79 Å². The van der Waals surface area contributed by atoms with Gasteiger partial charge in [0.25, 0.3) is 0 Å². The highest BCUT2D eigenvalue weighted by molar-refractivity contribution is 7.99. The molecule has 4 nitrogen and oxygen atoms in total. The lowest BCUT2D eigenvalue weighted by Gasteiger charge is -2.07. The van der Waals surface area contributed by atoms with Gasteiger partial charge >= 0.3 is 5.97 Å². The molecule has 0 bridgehead atoms. The molecule has 16 heavy (non-hydrogen) atoms. The van der Waals surface area contributed by atoms with Crippen LogP contribution in [-0.4, -0.2) is 26.8 Å². The lowest BCUT2D eigenvalue weighted by Crippen LogP contribution is -2.08. The average molecular weight is 259 g/mol. The minimum absolute atomic E-state index is 0.133. The van der Waals surface area contributed by atoms with Crippen molar-refractivity contribution in [2.75, 3.05) is 5.75 Å². The third kappa shape index (κ3) is 3.21. The normalized spacial score (nSPS) is 10.2. The monoisotopic (exact) mass is 258 g/mol. The molecule has 0 spiro atoms. The van der Waals surface area contributed by atoms with Crippen LogP contribution >= 0.6 is 23.4 Å². The number of halogens is 1. The summed E-state index contributed by atoms with van der Waals surface area (Å²) in [5.74, 6) is -0.0528. The minimum atomic E-state index is -1.03. The molecule has 86 valence electrons. The fraction of sp³-hybridized carbons (Fsp3) is 0.300. The quantitative estimate of drug-likeness (QED) is 0.664. The molecule has 0 saturated heterocycles. The predicted octanol–water partition coefficient (Wildman–Crippen LogP) is 2.64. The standard InChI is InChI=1S/C10H11ClN2O2S/c1-5(11)4-16-9-8(10(14)15)6(2)12-7(3)13-9/h1,4H2,2-3H3,(H,14,15). The molecule has 1 rings (SSSR count). The van der Waals surface area contributed by atoms with Crippen molar-refractivity contribution in [2.45, 2.75) is 18.9 Å². The van der Waals surface area contributed by atoms with Gasteiger partial charge in [0.2, 0.25) is 0 Å². The summed E-state index contributed by atoms with van der Waals surface area (Å²) in [5, 5.41) is 9.94. The zero-order valence-electron chi connectivity index (χ0n) is 8.95. The van der Waals surface area contributed by atoms with Gasteiger partial charge in [-0.1, -0.05) is 29.9 Å². The van der Waals surface area contributed by atoms with Crippen LogP contribution in [0.5, 0.6) is 0 Å². The van der Waals surface area contributed by atoms with E-state index >= 15 is 0 Å². The second kappa shape index (κ2) is 5.32. The molecule has 0 amide bonds. The number of thioether (sulfide) groups is 1. The van der Waals surface area contributed by atoms with Crippen LogP contribution in [0, 0.1) is 13.8 Å². The first kappa shape index (κ1) is 13.0. The summed E-state index contributed by atoms with van der Waals surface area (Å²) in [6.45, 7) is 6.91. The summed E-state index contributed by atoms with van der Waals surface area (Å²) in [6.07, 6.45) is 0. The van der Waals surface area contributed by atoms with E-state index in [0.717, 1.165) is 0 Å². The third-order valence-corrected chi connectivity index (χ3v) is 3.10. The Morgan fingerprint density at radius 2 is 2.12 bits per heavy atom. The van der Waals surface area contributed by atoms with E-state index in [1.54, 1.807) is 13.8 Å². The van der Waals surface area contributed by atoms with Crippen LogP contribution in [0.25, 0.3) is 0 Å². The van der Waals surface area contributed by atoms with Crippen molar-refractivity contribution < 1.29 is 9.90 Å². The first-order valence-corrected chi connectivity index (χ1v) is 5.82. The molecule has 0 unspecified atom stereocenters. The van der Waals surface area contributed by atoms with Gasteiger partial charge in [-0.15, -0.1) is 0 Å². The third-order valence-electron chi connectivity index (χ3n) is 1.75. The Bertz CT molecular complexity index is 449. The second-order valence-electron chi connectivity index (χ2n) is 3.15. The summed E-state index contributed by atoms with van der Waals surface area (Å²) >= 11 is 6.88. The Labute approximate surface area is 103 Å². The van der Waals surface area contributed by atoms with Gasteiger partial charge in [0.1, 0.15) is 16.4 Å². The van der Waals surface area contributed by atoms with Crippen LogP contribution in [0.15, 0.2) is 16.6 Å². The number of rotatable bonds is 4. The Hall–Kier alpha value is -1.07. The number of carboxylic acid groups (broad SMARTS) is 1. The molecule has 1 N–H and O–H groups in total. The Morgan fingerprint density at radius 3 is 2.62 bits per heavy atom. The van der Waals surface area contributed by atoms with Crippen molar-refractivity contribution in [2.24, 2.45) is 0 Å². The van der Waals surface area contributed by atoms with E-state index in [2.05, 4.69) is 16.5 Å². The summed E-state index contributed by atoms with van der Waals surface area (Å²) in [5.41, 5.74) is 0.594. The number of carboxylic acids is 1. The molecule has 1 aromatic rings. The average Bonchev–Trinajstić information content (AvgIpc) is 2.12. The first-order chi connectivity index (χ1) is 7.41. The molecular weight excluding hydrogens is 248 g/mol. The minimum Gasteiger partial charge on any atom is -0.478 e. The highest BCUT2D eigenvalue weighted by Gasteiger charge is 2.17. The van der Waals surface area contributed by atoms with Crippen LogP contribution in [0.1, 0.15) is 21.9 Å². The van der Waals surface area contributed by atoms with Gasteiger partial charge in [-0.3, -0.25) is 0 Å². The summed E-state index contributed by atoms with van der Waals surface area (Å²) in [4.78, 5) is 19.2. The van der Waals surface area contributed by atoms with Crippen LogP contribution in [-0.2, 0) is 0 Å². The van der Waals surface area contributed by atoms with E-state index in [1.165, 1.54) is 11.8 Å². The van der Waals surface area contributed by atoms with Crippen LogP contribution in [0.3, 0.4) is 0 Å². The molecule has 0 radical (unpaired) electrons. The number of aryl methyl sites for hydroxylation is 2. The van der Waals surface area contributed by atoms with Crippen molar-refractivity contribution in [1.29, 1.82) is 0 Å². The Kier molecular flexibility index (Phi) is 4.32. The van der Waals surface area contributed by atoms with Crippen molar-refractivity contribution >= 4 is 29.3 Å². The van der Waals surface area contributed by atoms with Crippen molar-refractivity contribution in [3.05, 3.63) is 28.7 Å².